The molecule has 0 heterocycles. The highest BCUT2D eigenvalue weighted by Crippen LogP contribution is 2.25. The highest BCUT2D eigenvalue weighted by atomic mass is 16.6. The smallest absolute Gasteiger partial charge is 0.274 e. The van der Waals surface area contributed by atoms with Crippen molar-refractivity contribution in [1.29, 1.82) is 0 Å². The quantitative estimate of drug-likeness (QED) is 0.367. The molecule has 0 fully saturated rings. The van der Waals surface area contributed by atoms with Crippen molar-refractivity contribution in [3.8, 4) is 5.75 Å². The lowest BCUT2D eigenvalue weighted by molar-refractivity contribution is -0.404. The van der Waals surface area contributed by atoms with E-state index < -0.39 is 4.92 Å². The fraction of sp³-hybridized carbons (Fsp3) is 0.529. The van der Waals surface area contributed by atoms with Gasteiger partial charge in [0.2, 0.25) is 0 Å². The van der Waals surface area contributed by atoms with Crippen LogP contribution in [0.4, 0.5) is 0 Å². The molecule has 0 aliphatic rings. The van der Waals surface area contributed by atoms with Crippen LogP contribution < -0.4 is 15.4 Å². The van der Waals surface area contributed by atoms with Crippen LogP contribution in [0, 0.1) is 10.1 Å². The van der Waals surface area contributed by atoms with E-state index in [1.54, 1.807) is 7.05 Å². The molecule has 1 aromatic rings. The molecule has 1 atom stereocenters. The predicted octanol–water partition coefficient (Wildman–Crippen LogP) is 2.35. The van der Waals surface area contributed by atoms with Crippen LogP contribution >= 0.6 is 0 Å². The normalized spacial score (nSPS) is 12.8. The molecule has 0 bridgehead atoms. The number of ether oxygens (including phenoxy) is 1. The molecule has 0 aromatic heterocycles. The summed E-state index contributed by atoms with van der Waals surface area (Å²) < 4.78 is 5.79. The molecule has 0 amide bonds. The maximum Gasteiger partial charge on any atom is 0.274 e. The lowest BCUT2D eigenvalue weighted by Gasteiger charge is -2.23. The Kier molecular flexibility index (Phi) is 8.64. The van der Waals surface area contributed by atoms with E-state index in [-0.39, 0.29) is 0 Å². The maximum absolute atomic E-state index is 10.4. The van der Waals surface area contributed by atoms with E-state index in [2.05, 4.69) is 48.7 Å². The van der Waals surface area contributed by atoms with Crippen LogP contribution in [0.25, 0.3) is 0 Å². The molecule has 7 heteroatoms. The van der Waals surface area contributed by atoms with Gasteiger partial charge >= 0.3 is 0 Å². The van der Waals surface area contributed by atoms with Gasteiger partial charge in [0.15, 0.2) is 5.82 Å². The Morgan fingerprint density at radius 1 is 1.46 bits per heavy atom. The predicted molar refractivity (Wildman–Crippen MR) is 95.4 cm³/mol. The average molecular weight is 336 g/mol. The third-order valence-electron chi connectivity index (χ3n) is 3.66. The topological polar surface area (TPSA) is 79.7 Å². The largest absolute Gasteiger partial charge is 0.494 e. The Balaban J connectivity index is 2.44. The zero-order valence-corrected chi connectivity index (χ0v) is 14.9. The van der Waals surface area contributed by atoms with Crippen molar-refractivity contribution in [2.75, 3.05) is 34.3 Å². The van der Waals surface area contributed by atoms with Gasteiger partial charge in [-0.1, -0.05) is 19.1 Å². The third kappa shape index (κ3) is 6.87. The number of hydrogen-bond acceptors (Lipinski definition) is 6. The Morgan fingerprint density at radius 3 is 2.79 bits per heavy atom. The minimum Gasteiger partial charge on any atom is -0.494 e. The van der Waals surface area contributed by atoms with Gasteiger partial charge in [0.25, 0.3) is 6.20 Å². The molecule has 134 valence electrons. The van der Waals surface area contributed by atoms with Crippen LogP contribution in [0.3, 0.4) is 0 Å². The van der Waals surface area contributed by atoms with Crippen molar-refractivity contribution in [1.82, 2.24) is 15.5 Å². The Labute approximate surface area is 143 Å². The minimum atomic E-state index is -0.490. The first-order chi connectivity index (χ1) is 11.5. The Morgan fingerprint density at radius 2 is 2.21 bits per heavy atom. The van der Waals surface area contributed by atoms with Crippen molar-refractivity contribution in [2.24, 2.45) is 0 Å². The van der Waals surface area contributed by atoms with Gasteiger partial charge in [0.1, 0.15) is 5.75 Å². The van der Waals surface area contributed by atoms with E-state index in [9.17, 15) is 10.1 Å². The number of rotatable bonds is 11. The Bertz CT molecular complexity index is 546. The van der Waals surface area contributed by atoms with Crippen LogP contribution in [-0.2, 0) is 0 Å². The van der Waals surface area contributed by atoms with Gasteiger partial charge in [-0.25, -0.2) is 0 Å². The zero-order chi connectivity index (χ0) is 17.9. The fourth-order valence-electron chi connectivity index (χ4n) is 2.50. The molecule has 0 aliphatic carbocycles. The van der Waals surface area contributed by atoms with Crippen LogP contribution in [0.2, 0.25) is 0 Å². The molecular formula is C17H28N4O3. The first-order valence-electron chi connectivity index (χ1n) is 8.14. The highest BCUT2D eigenvalue weighted by Gasteiger charge is 2.12. The van der Waals surface area contributed by atoms with E-state index in [1.807, 2.05) is 12.1 Å². The summed E-state index contributed by atoms with van der Waals surface area (Å²) in [6.45, 7) is 3.31. The first-order valence-corrected chi connectivity index (χ1v) is 8.14. The first kappa shape index (κ1) is 19.8. The van der Waals surface area contributed by atoms with Crippen molar-refractivity contribution >= 4 is 0 Å². The Hall–Kier alpha value is -2.28. The summed E-state index contributed by atoms with van der Waals surface area (Å²) in [6, 6.07) is 8.52. The molecule has 0 saturated carbocycles. The molecular weight excluding hydrogens is 308 g/mol. The van der Waals surface area contributed by atoms with Crippen LogP contribution in [0.1, 0.15) is 31.4 Å². The van der Waals surface area contributed by atoms with Crippen molar-refractivity contribution in [3.05, 3.63) is 52.0 Å². The highest BCUT2D eigenvalue weighted by molar-refractivity contribution is 5.30. The van der Waals surface area contributed by atoms with E-state index in [1.165, 1.54) is 5.56 Å². The van der Waals surface area contributed by atoms with Crippen LogP contribution in [0.15, 0.2) is 36.3 Å². The summed E-state index contributed by atoms with van der Waals surface area (Å²) in [5.74, 6) is 1.24. The second-order valence-electron chi connectivity index (χ2n) is 5.67. The summed E-state index contributed by atoms with van der Waals surface area (Å²) >= 11 is 0. The number of benzene rings is 1. The molecule has 0 aliphatic heterocycles. The summed E-state index contributed by atoms with van der Waals surface area (Å²) in [5, 5.41) is 16.1. The van der Waals surface area contributed by atoms with Crippen molar-refractivity contribution in [3.63, 3.8) is 0 Å². The monoisotopic (exact) mass is 336 g/mol. The molecule has 7 nitrogen and oxygen atoms in total. The number of hydrogen-bond donors (Lipinski definition) is 2. The maximum atomic E-state index is 10.4. The number of nitrogens with zero attached hydrogens (tertiary/aromatic N) is 2. The summed E-state index contributed by atoms with van der Waals surface area (Å²) in [6.07, 6.45) is 2.69. The van der Waals surface area contributed by atoms with Gasteiger partial charge in [-0.3, -0.25) is 10.1 Å². The third-order valence-corrected chi connectivity index (χ3v) is 3.66. The molecule has 24 heavy (non-hydrogen) atoms. The average Bonchev–Trinajstić information content (AvgIpc) is 2.53. The van der Waals surface area contributed by atoms with Gasteiger partial charge in [0.05, 0.1) is 11.5 Å². The lowest BCUT2D eigenvalue weighted by atomic mass is 10.0. The number of nitrogens with one attached hydrogen (secondary N) is 2. The molecule has 0 radical (unpaired) electrons. The van der Waals surface area contributed by atoms with Crippen molar-refractivity contribution in [2.45, 2.75) is 25.8 Å². The van der Waals surface area contributed by atoms with Gasteiger partial charge in [-0.2, -0.15) is 0 Å². The summed E-state index contributed by atoms with van der Waals surface area (Å²) in [5.41, 5.74) is 1.24. The van der Waals surface area contributed by atoms with E-state index >= 15 is 0 Å². The molecule has 1 aromatic carbocycles. The molecule has 1 unspecified atom stereocenters. The second-order valence-corrected chi connectivity index (χ2v) is 5.67. The molecule has 2 N–H and O–H groups in total. The van der Waals surface area contributed by atoms with Gasteiger partial charge in [-0.15, -0.1) is 0 Å². The van der Waals surface area contributed by atoms with E-state index in [0.29, 0.717) is 25.0 Å². The minimum absolute atomic E-state index is 0.376. The van der Waals surface area contributed by atoms with Gasteiger partial charge in [-0.05, 0) is 44.6 Å². The van der Waals surface area contributed by atoms with Crippen molar-refractivity contribution < 1.29 is 9.66 Å². The summed E-state index contributed by atoms with van der Waals surface area (Å²) in [4.78, 5) is 12.1. The summed E-state index contributed by atoms with van der Waals surface area (Å²) in [7, 11) is 5.79. The van der Waals surface area contributed by atoms with Gasteiger partial charge < -0.3 is 20.3 Å². The fourth-order valence-corrected chi connectivity index (χ4v) is 2.50. The SMILES string of the molecule is CCC(c1cccc(OCCCN/C(=C\[N+](=O)[O-])NC)c1)N(C)C. The zero-order valence-electron chi connectivity index (χ0n) is 14.9. The lowest BCUT2D eigenvalue weighted by Crippen LogP contribution is -2.26. The van der Waals surface area contributed by atoms with Gasteiger partial charge in [0, 0.05) is 19.6 Å². The van der Waals surface area contributed by atoms with E-state index in [4.69, 9.17) is 4.74 Å². The number of nitro groups is 1. The second kappa shape index (κ2) is 10.5. The molecule has 0 saturated heterocycles. The standard InChI is InChI=1S/C17H28N4O3/c1-5-16(20(3)4)14-8-6-9-15(12-14)24-11-7-10-19-17(18-2)13-21(22)23/h6,8-9,12-13,16,18-19H,5,7,10-11H2,1-4H3/b17-13-. The van der Waals surface area contributed by atoms with Crippen LogP contribution in [0.5, 0.6) is 5.75 Å². The van der Waals surface area contributed by atoms with Crippen LogP contribution in [-0.4, -0.2) is 44.1 Å². The molecule has 1 rings (SSSR count). The molecule has 0 spiro atoms. The van der Waals surface area contributed by atoms with E-state index in [0.717, 1.165) is 24.8 Å².